The predicted molar refractivity (Wildman–Crippen MR) is 219 cm³/mol. The van der Waals surface area contributed by atoms with Crippen LogP contribution in [0, 0.1) is 0 Å². The molecular formula is C50H32N2O. The number of pyridine rings is 2. The Morgan fingerprint density at radius 2 is 0.981 bits per heavy atom. The van der Waals surface area contributed by atoms with Gasteiger partial charge in [0.2, 0.25) is 0 Å². The van der Waals surface area contributed by atoms with Crippen molar-refractivity contribution >= 4 is 32.6 Å². The van der Waals surface area contributed by atoms with Crippen molar-refractivity contribution in [1.29, 1.82) is 0 Å². The quantitative estimate of drug-likeness (QED) is 0.162. The number of furan rings is 1. The lowest BCUT2D eigenvalue weighted by molar-refractivity contribution is 0.599. The molecule has 3 heteroatoms. The normalized spacial score (nSPS) is 18.3. The minimum atomic E-state index is -1.01. The molecule has 0 fully saturated rings. The Bertz CT molecular complexity index is 4370. The molecule has 0 saturated carbocycles. The molecule has 0 radical (unpaired) electrons. The van der Waals surface area contributed by atoms with E-state index in [1.807, 2.05) is 0 Å². The van der Waals surface area contributed by atoms with Gasteiger partial charge >= 0.3 is 0 Å². The molecule has 53 heavy (non-hydrogen) atoms. The summed E-state index contributed by atoms with van der Waals surface area (Å²) in [7, 11) is 0. The van der Waals surface area contributed by atoms with E-state index in [4.69, 9.17) is 30.5 Å². The van der Waals surface area contributed by atoms with E-state index in [1.54, 1.807) is 18.2 Å². The lowest BCUT2D eigenvalue weighted by Gasteiger charge is -2.14. The van der Waals surface area contributed by atoms with Crippen LogP contribution in [0.15, 0.2) is 198 Å². The fraction of sp³-hybridized carbons (Fsp3) is 0. The fourth-order valence-electron chi connectivity index (χ4n) is 6.13. The second-order valence-corrected chi connectivity index (χ2v) is 11.3. The Kier molecular flexibility index (Phi) is 3.44. The Morgan fingerprint density at radius 3 is 1.68 bits per heavy atom. The number of aromatic nitrogens is 2. The van der Waals surface area contributed by atoms with Gasteiger partial charge in [0.1, 0.15) is 11.5 Å². The number of hydrogen-bond acceptors (Lipinski definition) is 3. The van der Waals surface area contributed by atoms with Gasteiger partial charge in [-0.3, -0.25) is 4.98 Å². The summed E-state index contributed by atoms with van der Waals surface area (Å²) in [5.74, 6) is -1.80. The monoisotopic (exact) mass is 702 g/mol. The van der Waals surface area contributed by atoms with E-state index >= 15 is 0 Å². The van der Waals surface area contributed by atoms with Crippen molar-refractivity contribution in [3.8, 4) is 67.3 Å². The van der Waals surface area contributed by atoms with Crippen molar-refractivity contribution in [1.82, 2.24) is 9.97 Å². The van der Waals surface area contributed by atoms with Gasteiger partial charge in [0.25, 0.3) is 0 Å². The third kappa shape index (κ3) is 5.38. The Balaban J connectivity index is 1.37. The molecular weight excluding hydrogens is 645 g/mol. The molecule has 3 heterocycles. The second kappa shape index (κ2) is 12.9. The maximum Gasteiger partial charge on any atom is 0.143 e. The average molecular weight is 703 g/mol. The van der Waals surface area contributed by atoms with Crippen LogP contribution in [-0.4, -0.2) is 9.97 Å². The third-order valence-corrected chi connectivity index (χ3v) is 8.39. The molecule has 0 spiro atoms. The zero-order valence-corrected chi connectivity index (χ0v) is 26.8. The van der Waals surface area contributed by atoms with Gasteiger partial charge in [0.05, 0.1) is 52.4 Å². The number of benzene rings is 7. The Labute approximate surface area is 344 Å². The van der Waals surface area contributed by atoms with Crippen LogP contribution < -0.4 is 0 Å². The molecule has 10 rings (SSSR count). The molecule has 0 aliphatic carbocycles. The predicted octanol–water partition coefficient (Wildman–Crippen LogP) is 13.5. The first-order valence-electron chi connectivity index (χ1n) is 28.8. The lowest BCUT2D eigenvalue weighted by atomic mass is 9.89. The highest BCUT2D eigenvalue weighted by Gasteiger charge is 2.25. The van der Waals surface area contributed by atoms with E-state index in [0.29, 0.717) is 0 Å². The summed E-state index contributed by atoms with van der Waals surface area (Å²) in [6.45, 7) is 0. The van der Waals surface area contributed by atoms with Crippen molar-refractivity contribution < 1.29 is 40.1 Å². The van der Waals surface area contributed by atoms with E-state index in [2.05, 4.69) is 9.97 Å². The largest absolute Gasteiger partial charge is 0.455 e. The van der Waals surface area contributed by atoms with Gasteiger partial charge in [-0.2, -0.15) is 0 Å². The minimum absolute atomic E-state index is 0.0364. The molecule has 0 aliphatic heterocycles. The number of nitrogens with zero attached hydrogens (tertiary/aromatic N) is 2. The van der Waals surface area contributed by atoms with Crippen LogP contribution in [-0.2, 0) is 0 Å². The van der Waals surface area contributed by atoms with Crippen molar-refractivity contribution in [2.75, 3.05) is 0 Å². The molecule has 0 atom stereocenters. The van der Waals surface area contributed by atoms with Crippen LogP contribution in [0.25, 0.3) is 99.9 Å². The Hall–Kier alpha value is -7.10. The molecule has 0 amide bonds. The van der Waals surface area contributed by atoms with Crippen LogP contribution in [0.3, 0.4) is 0 Å². The lowest BCUT2D eigenvalue weighted by Crippen LogP contribution is -1.91. The topological polar surface area (TPSA) is 38.9 Å². The summed E-state index contributed by atoms with van der Waals surface area (Å²) in [5.41, 5.74) is -5.88. The number of hydrogen-bond donors (Lipinski definition) is 0. The van der Waals surface area contributed by atoms with Crippen molar-refractivity contribution in [2.45, 2.75) is 0 Å². The van der Waals surface area contributed by atoms with Crippen LogP contribution in [0.1, 0.15) is 35.6 Å². The minimum Gasteiger partial charge on any atom is -0.455 e. The highest BCUT2D eigenvalue weighted by Crippen LogP contribution is 2.49. The summed E-state index contributed by atoms with van der Waals surface area (Å²) in [4.78, 5) is 8.79. The molecule has 248 valence electrons. The fourth-order valence-corrected chi connectivity index (χ4v) is 6.13. The molecule has 3 nitrogen and oxygen atoms in total. The molecule has 0 unspecified atom stereocenters. The number of rotatable bonds is 6. The van der Waals surface area contributed by atoms with Crippen LogP contribution >= 0.6 is 0 Å². The maximum atomic E-state index is 10.1. The second-order valence-electron chi connectivity index (χ2n) is 11.3. The van der Waals surface area contributed by atoms with Crippen molar-refractivity contribution in [2.24, 2.45) is 0 Å². The summed E-state index contributed by atoms with van der Waals surface area (Å²) < 4.78 is 237. The molecule has 10 aromatic rings. The van der Waals surface area contributed by atoms with E-state index < -0.39 is 208 Å². The standard InChI is InChI=1S/C50H32N2O/c1-4-14-33(15-5-1)45-46(50(37-18-8-3-9-19-37)53-49(45)36-16-6-2-7-17-36)39-21-12-20-38(32-39)40-28-29-43(42-24-11-10-23-41(40)42)44-30-27-35-26-25-34-22-13-31-51-47(34)48(35)52-44/h1-32H/i1D,2D,3D,4D,5D,6D,7D,8D,9D,12D,13D,14D,15D,16D,17D,18D,19D,20D,21D,22D,25D,26D,27D,30D,31D,32D. The van der Waals surface area contributed by atoms with Gasteiger partial charge in [-0.1, -0.05) is 169 Å². The summed E-state index contributed by atoms with van der Waals surface area (Å²) >= 11 is 0. The molecule has 7 aromatic carbocycles. The zero-order chi connectivity index (χ0) is 57.8. The SMILES string of the molecule is [2H]c1nc2c(c([2H])c1[2H])c([2H])c([2H])c1c([2H])c([2H])c(-c3ccc(-c4c([2H])c([2H])c([2H])c(-c5c(-c6c([2H])c([2H])c([2H])c([2H])c6[2H])oc(-c6c([2H])c([2H])c([2H])c([2H])c6[2H])c5-c5c([2H])c([2H])c([2H])c([2H])c5[2H])c4[2H])c4ccccc34)nc12. The zero-order valence-electron chi connectivity index (χ0n) is 52.8. The first-order chi connectivity index (χ1) is 37.1. The molecule has 0 N–H and O–H groups in total. The van der Waals surface area contributed by atoms with Gasteiger partial charge in [0.15, 0.2) is 0 Å². The van der Waals surface area contributed by atoms with Gasteiger partial charge < -0.3 is 4.42 Å². The average Bonchev–Trinajstić information content (AvgIpc) is 4.05. The van der Waals surface area contributed by atoms with Crippen molar-refractivity contribution in [3.63, 3.8) is 0 Å². The smallest absolute Gasteiger partial charge is 0.143 e. The van der Waals surface area contributed by atoms with E-state index in [-0.39, 0.29) is 49.4 Å². The Morgan fingerprint density at radius 1 is 0.434 bits per heavy atom. The van der Waals surface area contributed by atoms with Gasteiger partial charge in [-0.25, -0.2) is 4.98 Å². The molecule has 3 aromatic heterocycles. The van der Waals surface area contributed by atoms with Crippen LogP contribution in [0.4, 0.5) is 0 Å². The van der Waals surface area contributed by atoms with Gasteiger partial charge in [-0.15, -0.1) is 0 Å². The summed E-state index contributed by atoms with van der Waals surface area (Å²) in [5, 5.41) is -0.209. The van der Waals surface area contributed by atoms with Crippen LogP contribution in [0.2, 0.25) is 0 Å². The third-order valence-electron chi connectivity index (χ3n) is 8.39. The molecule has 0 saturated heterocycles. The van der Waals surface area contributed by atoms with E-state index in [1.165, 1.54) is 18.2 Å². The highest BCUT2D eigenvalue weighted by molar-refractivity contribution is 6.08. The summed E-state index contributed by atoms with van der Waals surface area (Å²) in [6, 6.07) is -12.5. The van der Waals surface area contributed by atoms with Crippen molar-refractivity contribution in [3.05, 3.63) is 194 Å². The highest BCUT2D eigenvalue weighted by atomic mass is 16.3. The van der Waals surface area contributed by atoms with Crippen LogP contribution in [0.5, 0.6) is 0 Å². The maximum absolute atomic E-state index is 10.1. The number of fused-ring (bicyclic) bond motifs is 4. The van der Waals surface area contributed by atoms with E-state index in [0.717, 1.165) is 0 Å². The van der Waals surface area contributed by atoms with E-state index in [9.17, 15) is 9.60 Å². The van der Waals surface area contributed by atoms with Gasteiger partial charge in [0, 0.05) is 44.8 Å². The molecule has 0 bridgehead atoms. The summed E-state index contributed by atoms with van der Waals surface area (Å²) in [6.07, 6.45) is -0.652. The van der Waals surface area contributed by atoms with Gasteiger partial charge in [-0.05, 0) is 51.2 Å². The first-order valence-corrected chi connectivity index (χ1v) is 15.8. The molecule has 0 aliphatic rings. The first kappa shape index (κ1) is 14.1.